The topological polar surface area (TPSA) is 128 Å². The molecule has 0 radical (unpaired) electrons. The first-order valence-electron chi connectivity index (χ1n) is 7.43. The summed E-state index contributed by atoms with van der Waals surface area (Å²) in [7, 11) is 0. The van der Waals surface area contributed by atoms with E-state index in [1.54, 1.807) is 19.9 Å². The van der Waals surface area contributed by atoms with Crippen molar-refractivity contribution in [1.29, 1.82) is 5.26 Å². The van der Waals surface area contributed by atoms with Crippen LogP contribution in [0.25, 0.3) is 0 Å². The van der Waals surface area contributed by atoms with E-state index in [9.17, 15) is 20.0 Å². The normalized spacial score (nSPS) is 10.8. The fourth-order valence-corrected chi connectivity index (χ4v) is 2.30. The molecule has 0 spiro atoms. The maximum absolute atomic E-state index is 12.4. The number of aromatic carboxylic acids is 1. The number of pyridine rings is 1. The highest BCUT2D eigenvalue weighted by molar-refractivity contribution is 5.88. The molecule has 0 saturated carbocycles. The number of hydrogen-bond acceptors (Lipinski definition) is 6. The summed E-state index contributed by atoms with van der Waals surface area (Å²) in [6.07, 6.45) is 0. The first-order chi connectivity index (χ1) is 11.8. The van der Waals surface area contributed by atoms with Gasteiger partial charge in [-0.25, -0.2) is 4.79 Å². The van der Waals surface area contributed by atoms with Crippen molar-refractivity contribution in [3.05, 3.63) is 50.8 Å². The summed E-state index contributed by atoms with van der Waals surface area (Å²) in [4.78, 5) is 23.5. The van der Waals surface area contributed by atoms with Gasteiger partial charge in [0.25, 0.3) is 5.56 Å². The smallest absolute Gasteiger partial charge is 0.335 e. The van der Waals surface area contributed by atoms with Crippen LogP contribution in [0.15, 0.2) is 33.2 Å². The minimum Gasteiger partial charge on any atom is -0.493 e. The highest BCUT2D eigenvalue weighted by Gasteiger charge is 2.18. The van der Waals surface area contributed by atoms with Crippen LogP contribution >= 0.6 is 0 Å². The molecule has 0 atom stereocenters. The zero-order valence-corrected chi connectivity index (χ0v) is 13.9. The third-order valence-electron chi connectivity index (χ3n) is 3.80. The lowest BCUT2D eigenvalue weighted by Gasteiger charge is -2.10. The second kappa shape index (κ2) is 6.97. The molecule has 128 valence electrons. The lowest BCUT2D eigenvalue weighted by atomic mass is 10.1. The molecule has 1 heterocycles. The van der Waals surface area contributed by atoms with Crippen molar-refractivity contribution in [2.24, 2.45) is 10.2 Å². The zero-order chi connectivity index (χ0) is 18.7. The molecule has 1 aromatic carbocycles. The van der Waals surface area contributed by atoms with Crippen molar-refractivity contribution in [3.63, 3.8) is 0 Å². The van der Waals surface area contributed by atoms with E-state index in [0.29, 0.717) is 11.3 Å². The molecule has 2 aromatic rings. The zero-order valence-electron chi connectivity index (χ0n) is 13.9. The van der Waals surface area contributed by atoms with Crippen molar-refractivity contribution < 1.29 is 15.0 Å². The Morgan fingerprint density at radius 2 is 2.00 bits per heavy atom. The number of azo groups is 1. The van der Waals surface area contributed by atoms with Crippen LogP contribution in [0.5, 0.6) is 5.88 Å². The quantitative estimate of drug-likeness (QED) is 0.826. The summed E-state index contributed by atoms with van der Waals surface area (Å²) < 4.78 is 1.03. The second-order valence-corrected chi connectivity index (χ2v) is 5.34. The van der Waals surface area contributed by atoms with E-state index in [0.717, 1.165) is 4.57 Å². The van der Waals surface area contributed by atoms with Crippen LogP contribution in [0, 0.1) is 25.2 Å². The van der Waals surface area contributed by atoms with Gasteiger partial charge in [-0.15, -0.1) is 5.11 Å². The summed E-state index contributed by atoms with van der Waals surface area (Å²) in [5, 5.41) is 36.2. The summed E-state index contributed by atoms with van der Waals surface area (Å²) in [6.45, 7) is 5.04. The number of hydrogen-bond donors (Lipinski definition) is 2. The van der Waals surface area contributed by atoms with Crippen LogP contribution in [-0.4, -0.2) is 20.7 Å². The number of aromatic nitrogens is 1. The van der Waals surface area contributed by atoms with E-state index < -0.39 is 17.4 Å². The number of nitriles is 1. The molecule has 0 fully saturated rings. The molecule has 8 nitrogen and oxygen atoms in total. The van der Waals surface area contributed by atoms with Gasteiger partial charge in [-0.3, -0.25) is 9.36 Å². The first kappa shape index (κ1) is 17.9. The van der Waals surface area contributed by atoms with Gasteiger partial charge in [0.2, 0.25) is 5.88 Å². The molecule has 2 N–H and O–H groups in total. The van der Waals surface area contributed by atoms with Crippen LogP contribution in [0.4, 0.5) is 11.4 Å². The molecule has 1 aromatic heterocycles. The molecule has 0 unspecified atom stereocenters. The van der Waals surface area contributed by atoms with Gasteiger partial charge in [0, 0.05) is 12.1 Å². The predicted molar refractivity (Wildman–Crippen MR) is 89.8 cm³/mol. The van der Waals surface area contributed by atoms with Crippen LogP contribution in [0.2, 0.25) is 0 Å². The van der Waals surface area contributed by atoms with E-state index in [1.807, 2.05) is 6.07 Å². The highest BCUT2D eigenvalue weighted by atomic mass is 16.4. The molecular weight excluding hydrogens is 324 g/mol. The number of carboxylic acid groups (broad SMARTS) is 1. The molecule has 0 aliphatic heterocycles. The van der Waals surface area contributed by atoms with Crippen LogP contribution < -0.4 is 5.56 Å². The van der Waals surface area contributed by atoms with Gasteiger partial charge in [-0.05, 0) is 38.5 Å². The van der Waals surface area contributed by atoms with E-state index in [-0.39, 0.29) is 28.9 Å². The largest absolute Gasteiger partial charge is 0.493 e. The van der Waals surface area contributed by atoms with Gasteiger partial charge in [0.15, 0.2) is 5.69 Å². The third kappa shape index (κ3) is 3.26. The number of aromatic hydroxyl groups is 1. The van der Waals surface area contributed by atoms with Gasteiger partial charge in [-0.1, -0.05) is 6.07 Å². The number of carboxylic acids is 1. The molecule has 0 amide bonds. The van der Waals surface area contributed by atoms with Crippen molar-refractivity contribution >= 4 is 17.3 Å². The van der Waals surface area contributed by atoms with Crippen LogP contribution in [0.1, 0.15) is 34.0 Å². The Morgan fingerprint density at radius 3 is 2.56 bits per heavy atom. The van der Waals surface area contributed by atoms with Gasteiger partial charge in [-0.2, -0.15) is 10.4 Å². The van der Waals surface area contributed by atoms with Crippen molar-refractivity contribution in [2.45, 2.75) is 27.3 Å². The fraction of sp³-hybridized carbons (Fsp3) is 0.235. The van der Waals surface area contributed by atoms with Gasteiger partial charge in [0.1, 0.15) is 11.6 Å². The average molecular weight is 340 g/mol. The summed E-state index contributed by atoms with van der Waals surface area (Å²) in [5.74, 6) is -1.51. The van der Waals surface area contributed by atoms with Gasteiger partial charge >= 0.3 is 5.97 Å². The lowest BCUT2D eigenvalue weighted by molar-refractivity contribution is 0.0697. The van der Waals surface area contributed by atoms with Crippen molar-refractivity contribution in [1.82, 2.24) is 4.57 Å². The molecular formula is C17H16N4O4. The standard InChI is InChI=1S/C17H16N4O4/c1-4-21-15(22)12(8-18)10(3)14(16(21)23)20-19-13-7-11(17(24)25)6-5-9(13)2/h5-7,22H,4H2,1-3H3,(H,24,25). The summed E-state index contributed by atoms with van der Waals surface area (Å²) >= 11 is 0. The maximum atomic E-state index is 12.4. The van der Waals surface area contributed by atoms with E-state index in [4.69, 9.17) is 5.11 Å². The number of rotatable bonds is 4. The summed E-state index contributed by atoms with van der Waals surface area (Å²) in [5.41, 5.74) is 0.543. The molecule has 25 heavy (non-hydrogen) atoms. The van der Waals surface area contributed by atoms with Crippen LogP contribution in [0.3, 0.4) is 0 Å². The third-order valence-corrected chi connectivity index (χ3v) is 3.80. The Kier molecular flexibility index (Phi) is 4.98. The summed E-state index contributed by atoms with van der Waals surface area (Å²) in [6, 6.07) is 6.23. The Hall–Kier alpha value is -3.47. The minimum absolute atomic E-state index is 0.0469. The Balaban J connectivity index is 2.64. The van der Waals surface area contributed by atoms with Gasteiger partial charge in [0.05, 0.1) is 11.3 Å². The molecule has 8 heteroatoms. The maximum Gasteiger partial charge on any atom is 0.335 e. The van der Waals surface area contributed by atoms with Crippen molar-refractivity contribution in [3.8, 4) is 11.9 Å². The first-order valence-corrected chi connectivity index (χ1v) is 7.43. The van der Waals surface area contributed by atoms with E-state index in [2.05, 4.69) is 10.2 Å². The SMILES string of the molecule is CCn1c(O)c(C#N)c(C)c(N=Nc2cc(C(=O)O)ccc2C)c1=O. The number of aryl methyl sites for hydroxylation is 1. The fourth-order valence-electron chi connectivity index (χ4n) is 2.30. The molecule has 0 aliphatic rings. The molecule has 0 bridgehead atoms. The Bertz CT molecular complexity index is 984. The van der Waals surface area contributed by atoms with Gasteiger partial charge < -0.3 is 10.2 Å². The lowest BCUT2D eigenvalue weighted by Crippen LogP contribution is -2.20. The molecule has 2 rings (SSSR count). The Morgan fingerprint density at radius 1 is 1.32 bits per heavy atom. The monoisotopic (exact) mass is 340 g/mol. The molecule has 0 aliphatic carbocycles. The number of carbonyl (C=O) groups is 1. The van der Waals surface area contributed by atoms with E-state index in [1.165, 1.54) is 19.1 Å². The molecule has 0 saturated heterocycles. The van der Waals surface area contributed by atoms with E-state index >= 15 is 0 Å². The minimum atomic E-state index is -1.10. The van der Waals surface area contributed by atoms with Crippen molar-refractivity contribution in [2.75, 3.05) is 0 Å². The predicted octanol–water partition coefficient (Wildman–Crippen LogP) is 3.18. The van der Waals surface area contributed by atoms with Crippen LogP contribution in [-0.2, 0) is 6.54 Å². The second-order valence-electron chi connectivity index (χ2n) is 5.34. The number of nitrogens with zero attached hydrogens (tertiary/aromatic N) is 4. The number of benzene rings is 1. The average Bonchev–Trinajstić information content (AvgIpc) is 2.56. The Labute approximate surface area is 143 Å². The highest BCUT2D eigenvalue weighted by Crippen LogP contribution is 2.28.